The Kier molecular flexibility index (Phi) is 3.69. The summed E-state index contributed by atoms with van der Waals surface area (Å²) in [6, 6.07) is 0. The van der Waals surface area contributed by atoms with E-state index >= 15 is 0 Å². The Hall–Kier alpha value is -0.840. The molecule has 78 valence electrons. The van der Waals surface area contributed by atoms with Crippen molar-refractivity contribution in [1.82, 2.24) is 9.78 Å². The van der Waals surface area contributed by atoms with Gasteiger partial charge >= 0.3 is 5.97 Å². The van der Waals surface area contributed by atoms with Crippen molar-refractivity contribution in [3.63, 3.8) is 0 Å². The van der Waals surface area contributed by atoms with Crippen LogP contribution in [0.1, 0.15) is 23.0 Å². The molecule has 0 bridgehead atoms. The van der Waals surface area contributed by atoms with Gasteiger partial charge in [-0.1, -0.05) is 22.9 Å². The van der Waals surface area contributed by atoms with Crippen molar-refractivity contribution in [1.29, 1.82) is 0 Å². The van der Waals surface area contributed by atoms with E-state index in [1.807, 2.05) is 14.0 Å². The number of hydrogen-bond acceptors (Lipinski definition) is 3. The van der Waals surface area contributed by atoms with Gasteiger partial charge in [0.15, 0.2) is 0 Å². The second kappa shape index (κ2) is 4.59. The molecule has 1 aromatic heterocycles. The second-order valence-electron chi connectivity index (χ2n) is 3.11. The molecule has 0 saturated carbocycles. The zero-order valence-electron chi connectivity index (χ0n) is 8.45. The fourth-order valence-corrected chi connectivity index (χ4v) is 1.56. The average molecular weight is 261 g/mol. The predicted octanol–water partition coefficient (Wildman–Crippen LogP) is 1.53. The molecule has 1 rings (SSSR count). The maximum Gasteiger partial charge on any atom is 0.341 e. The number of methoxy groups -OCH3 is 1. The van der Waals surface area contributed by atoms with E-state index in [9.17, 15) is 4.79 Å². The third-order valence-corrected chi connectivity index (χ3v) is 2.27. The highest BCUT2D eigenvalue weighted by atomic mass is 79.9. The van der Waals surface area contributed by atoms with Gasteiger partial charge in [0.25, 0.3) is 0 Å². The van der Waals surface area contributed by atoms with Crippen molar-refractivity contribution < 1.29 is 9.53 Å². The van der Waals surface area contributed by atoms with Gasteiger partial charge in [0.1, 0.15) is 5.56 Å². The van der Waals surface area contributed by atoms with E-state index in [1.165, 1.54) is 13.3 Å². The summed E-state index contributed by atoms with van der Waals surface area (Å²) in [7, 11) is 3.19. The van der Waals surface area contributed by atoms with Gasteiger partial charge in [-0.3, -0.25) is 4.68 Å². The normalized spacial score (nSPS) is 12.6. The Balaban J connectivity index is 2.99. The second-order valence-corrected chi connectivity index (χ2v) is 4.67. The smallest absolute Gasteiger partial charge is 0.341 e. The third kappa shape index (κ3) is 2.35. The zero-order chi connectivity index (χ0) is 10.7. The van der Waals surface area contributed by atoms with Gasteiger partial charge in [0, 0.05) is 18.3 Å². The van der Waals surface area contributed by atoms with E-state index in [4.69, 9.17) is 0 Å². The fraction of sp³-hybridized carbons (Fsp3) is 0.556. The SMILES string of the molecule is COC(=O)c1cnn(C)c1CC(C)Br. The lowest BCUT2D eigenvalue weighted by Gasteiger charge is -2.06. The Morgan fingerprint density at radius 2 is 2.43 bits per heavy atom. The first-order valence-corrected chi connectivity index (χ1v) is 5.21. The first-order valence-electron chi connectivity index (χ1n) is 4.29. The summed E-state index contributed by atoms with van der Waals surface area (Å²) >= 11 is 3.44. The highest BCUT2D eigenvalue weighted by molar-refractivity contribution is 9.09. The number of esters is 1. The molecule has 0 aliphatic rings. The maximum atomic E-state index is 11.3. The van der Waals surface area contributed by atoms with Gasteiger partial charge in [-0.15, -0.1) is 0 Å². The average Bonchev–Trinajstić information content (AvgIpc) is 2.46. The number of carbonyl (C=O) groups is 1. The molecule has 0 fully saturated rings. The molecule has 0 amide bonds. The first-order chi connectivity index (χ1) is 6.56. The summed E-state index contributed by atoms with van der Waals surface area (Å²) < 4.78 is 6.36. The molecule has 4 nitrogen and oxygen atoms in total. The van der Waals surface area contributed by atoms with Gasteiger partial charge in [-0.05, 0) is 0 Å². The minimum Gasteiger partial charge on any atom is -0.465 e. The van der Waals surface area contributed by atoms with Crippen LogP contribution < -0.4 is 0 Å². The first kappa shape index (κ1) is 11.2. The molecule has 1 heterocycles. The molecule has 0 spiro atoms. The Bertz CT molecular complexity index is 334. The lowest BCUT2D eigenvalue weighted by molar-refractivity contribution is 0.0599. The van der Waals surface area contributed by atoms with Crippen LogP contribution in [0.5, 0.6) is 0 Å². The number of ether oxygens (including phenoxy) is 1. The van der Waals surface area contributed by atoms with Crippen LogP contribution in [0.15, 0.2) is 6.20 Å². The molecule has 0 aromatic carbocycles. The summed E-state index contributed by atoms with van der Waals surface area (Å²) in [6.45, 7) is 2.02. The molecule has 0 radical (unpaired) electrons. The number of alkyl halides is 1. The van der Waals surface area contributed by atoms with Crippen molar-refractivity contribution in [2.75, 3.05) is 7.11 Å². The molecule has 0 N–H and O–H groups in total. The highest BCUT2D eigenvalue weighted by Gasteiger charge is 2.17. The number of rotatable bonds is 3. The lowest BCUT2D eigenvalue weighted by Crippen LogP contribution is -2.10. The van der Waals surface area contributed by atoms with Crippen LogP contribution in [0.4, 0.5) is 0 Å². The summed E-state index contributed by atoms with van der Waals surface area (Å²) in [5.74, 6) is -0.332. The van der Waals surface area contributed by atoms with E-state index in [1.54, 1.807) is 4.68 Å². The van der Waals surface area contributed by atoms with Crippen molar-refractivity contribution in [3.8, 4) is 0 Å². The Morgan fingerprint density at radius 1 is 1.79 bits per heavy atom. The topological polar surface area (TPSA) is 44.1 Å². The molecule has 0 saturated heterocycles. The molecular weight excluding hydrogens is 248 g/mol. The molecular formula is C9H13BrN2O2. The largest absolute Gasteiger partial charge is 0.465 e. The van der Waals surface area contributed by atoms with Gasteiger partial charge in [0.2, 0.25) is 0 Å². The van der Waals surface area contributed by atoms with Crippen molar-refractivity contribution in [3.05, 3.63) is 17.5 Å². The Morgan fingerprint density at radius 3 is 2.93 bits per heavy atom. The molecule has 1 unspecified atom stereocenters. The number of halogens is 1. The van der Waals surface area contributed by atoms with E-state index in [0.717, 1.165) is 12.1 Å². The third-order valence-electron chi connectivity index (χ3n) is 1.94. The van der Waals surface area contributed by atoms with E-state index in [2.05, 4.69) is 25.8 Å². The molecule has 0 aliphatic carbocycles. The molecule has 0 aliphatic heterocycles. The van der Waals surface area contributed by atoms with Gasteiger partial charge in [-0.25, -0.2) is 4.79 Å². The van der Waals surface area contributed by atoms with Crippen LogP contribution in [0.3, 0.4) is 0 Å². The van der Waals surface area contributed by atoms with Crippen LogP contribution in [-0.4, -0.2) is 27.7 Å². The number of hydrogen-bond donors (Lipinski definition) is 0. The monoisotopic (exact) mass is 260 g/mol. The van der Waals surface area contributed by atoms with Crippen molar-refractivity contribution in [2.24, 2.45) is 7.05 Å². The quantitative estimate of drug-likeness (QED) is 0.612. The van der Waals surface area contributed by atoms with Crippen LogP contribution in [0.25, 0.3) is 0 Å². The standard InChI is InChI=1S/C9H13BrN2O2/c1-6(10)4-8-7(9(13)14-3)5-11-12(8)2/h5-6H,4H2,1-3H3. The van der Waals surface area contributed by atoms with Gasteiger partial charge in [-0.2, -0.15) is 5.10 Å². The highest BCUT2D eigenvalue weighted by Crippen LogP contribution is 2.14. The molecule has 14 heavy (non-hydrogen) atoms. The van der Waals surface area contributed by atoms with E-state index < -0.39 is 0 Å². The summed E-state index contributed by atoms with van der Waals surface area (Å²) in [6.07, 6.45) is 2.29. The fourth-order valence-electron chi connectivity index (χ4n) is 1.25. The number of aryl methyl sites for hydroxylation is 1. The minimum atomic E-state index is -0.332. The van der Waals surface area contributed by atoms with Crippen LogP contribution >= 0.6 is 15.9 Å². The molecule has 5 heteroatoms. The predicted molar refractivity (Wildman–Crippen MR) is 56.6 cm³/mol. The minimum absolute atomic E-state index is 0.307. The van der Waals surface area contributed by atoms with E-state index in [0.29, 0.717) is 10.4 Å². The van der Waals surface area contributed by atoms with Crippen LogP contribution in [0, 0.1) is 0 Å². The summed E-state index contributed by atoms with van der Waals surface area (Å²) in [5.41, 5.74) is 1.43. The van der Waals surface area contributed by atoms with Crippen molar-refractivity contribution in [2.45, 2.75) is 18.2 Å². The summed E-state index contributed by atoms with van der Waals surface area (Å²) in [4.78, 5) is 11.6. The number of aromatic nitrogens is 2. The maximum absolute atomic E-state index is 11.3. The van der Waals surface area contributed by atoms with E-state index in [-0.39, 0.29) is 5.97 Å². The number of nitrogens with zero attached hydrogens (tertiary/aromatic N) is 2. The van der Waals surface area contributed by atoms with Crippen LogP contribution in [0.2, 0.25) is 0 Å². The Labute approximate surface area is 91.4 Å². The molecule has 1 atom stereocenters. The summed E-state index contributed by atoms with van der Waals surface area (Å²) in [5, 5.41) is 4.03. The van der Waals surface area contributed by atoms with Gasteiger partial charge < -0.3 is 4.74 Å². The number of carbonyl (C=O) groups excluding carboxylic acids is 1. The van der Waals surface area contributed by atoms with Gasteiger partial charge in [0.05, 0.1) is 19.0 Å². The van der Waals surface area contributed by atoms with Crippen molar-refractivity contribution >= 4 is 21.9 Å². The molecule has 1 aromatic rings. The van der Waals surface area contributed by atoms with Crippen LogP contribution in [-0.2, 0) is 18.2 Å². The lowest BCUT2D eigenvalue weighted by atomic mass is 10.1. The zero-order valence-corrected chi connectivity index (χ0v) is 10.0.